The Kier molecular flexibility index (Phi) is 5.27. The van der Waals surface area contributed by atoms with Crippen molar-refractivity contribution in [1.29, 1.82) is 0 Å². The highest BCUT2D eigenvalue weighted by atomic mass is 35.5. The van der Waals surface area contributed by atoms with Crippen LogP contribution in [0.4, 0.5) is 10.1 Å². The van der Waals surface area contributed by atoms with Crippen LogP contribution in [0.1, 0.15) is 18.1 Å². The number of nitrogens with zero attached hydrogens (tertiary/aromatic N) is 1. The van der Waals surface area contributed by atoms with Crippen LogP contribution < -0.4 is 5.32 Å². The molecule has 1 heterocycles. The highest BCUT2D eigenvalue weighted by Crippen LogP contribution is 2.35. The number of hydrogen-bond acceptors (Lipinski definition) is 4. The maximum absolute atomic E-state index is 13.1. The van der Waals surface area contributed by atoms with Crippen molar-refractivity contribution in [1.82, 2.24) is 4.31 Å². The molecule has 0 saturated heterocycles. The summed E-state index contributed by atoms with van der Waals surface area (Å²) in [7, 11) is -4.25. The molecule has 28 heavy (non-hydrogen) atoms. The van der Waals surface area contributed by atoms with E-state index in [-0.39, 0.29) is 16.0 Å². The molecule has 0 bridgehead atoms. The number of anilines is 1. The Bertz CT molecular complexity index is 1110. The third-order valence-electron chi connectivity index (χ3n) is 4.23. The molecule has 2 aromatic carbocycles. The number of carbonyl (C=O) groups excluding carboxylic acids is 2. The average Bonchev–Trinajstić information content (AvgIpc) is 2.78. The lowest BCUT2D eigenvalue weighted by atomic mass is 10.1. The highest BCUT2D eigenvalue weighted by Gasteiger charge is 2.43. The van der Waals surface area contributed by atoms with Crippen LogP contribution in [0, 0.1) is 12.7 Å². The number of halogens is 2. The number of sulfonamides is 1. The molecule has 0 atom stereocenters. The van der Waals surface area contributed by atoms with Crippen LogP contribution in [0.15, 0.2) is 48.0 Å². The van der Waals surface area contributed by atoms with Gasteiger partial charge in [-0.2, -0.15) is 0 Å². The topological polar surface area (TPSA) is 83.6 Å². The van der Waals surface area contributed by atoms with Gasteiger partial charge in [0, 0.05) is 5.57 Å². The fourth-order valence-corrected chi connectivity index (χ4v) is 4.92. The predicted octanol–water partition coefficient (Wildman–Crippen LogP) is 3.33. The van der Waals surface area contributed by atoms with E-state index < -0.39 is 34.2 Å². The first-order valence-electron chi connectivity index (χ1n) is 8.21. The van der Waals surface area contributed by atoms with E-state index in [4.69, 9.17) is 11.6 Å². The summed E-state index contributed by atoms with van der Waals surface area (Å²) in [6.07, 6.45) is 0. The van der Waals surface area contributed by atoms with Crippen molar-refractivity contribution >= 4 is 44.0 Å². The second-order valence-electron chi connectivity index (χ2n) is 6.31. The predicted molar refractivity (Wildman–Crippen MR) is 104 cm³/mol. The SMILES string of the molecule is CC1=C(c2ccc(F)cc2)S(=O)(=O)N(CC(=O)Nc2ccc(C)cc2Cl)C1=O. The molecule has 0 radical (unpaired) electrons. The Balaban J connectivity index is 1.85. The van der Waals surface area contributed by atoms with Crippen molar-refractivity contribution in [3.05, 3.63) is 70.0 Å². The summed E-state index contributed by atoms with van der Waals surface area (Å²) >= 11 is 6.06. The molecular formula is C19H16ClFN2O4S. The molecule has 1 aliphatic rings. The minimum Gasteiger partial charge on any atom is -0.323 e. The van der Waals surface area contributed by atoms with Crippen LogP contribution in [0.25, 0.3) is 4.91 Å². The van der Waals surface area contributed by atoms with E-state index >= 15 is 0 Å². The first kappa shape index (κ1) is 20.0. The lowest BCUT2D eigenvalue weighted by molar-refractivity contribution is -0.126. The van der Waals surface area contributed by atoms with Crippen LogP contribution in [-0.4, -0.2) is 31.1 Å². The van der Waals surface area contributed by atoms with Gasteiger partial charge in [0.25, 0.3) is 15.9 Å². The summed E-state index contributed by atoms with van der Waals surface area (Å²) in [5, 5.41) is 2.80. The van der Waals surface area contributed by atoms with Gasteiger partial charge >= 0.3 is 0 Å². The minimum atomic E-state index is -4.25. The Morgan fingerprint density at radius 1 is 1.14 bits per heavy atom. The van der Waals surface area contributed by atoms with Crippen molar-refractivity contribution in [3.8, 4) is 0 Å². The molecule has 0 aliphatic carbocycles. The molecular weight excluding hydrogens is 407 g/mol. The molecule has 0 aromatic heterocycles. The van der Waals surface area contributed by atoms with E-state index in [0.717, 1.165) is 17.7 Å². The summed E-state index contributed by atoms with van der Waals surface area (Å²) in [6, 6.07) is 9.71. The quantitative estimate of drug-likeness (QED) is 0.819. The fraction of sp³-hybridized carbons (Fsp3) is 0.158. The molecule has 2 amide bonds. The van der Waals surface area contributed by atoms with Gasteiger partial charge in [-0.1, -0.05) is 29.8 Å². The highest BCUT2D eigenvalue weighted by molar-refractivity contribution is 7.99. The van der Waals surface area contributed by atoms with Gasteiger partial charge in [0.2, 0.25) is 5.91 Å². The first-order chi connectivity index (χ1) is 13.1. The largest absolute Gasteiger partial charge is 0.323 e. The van der Waals surface area contributed by atoms with Crippen molar-refractivity contribution < 1.29 is 22.4 Å². The monoisotopic (exact) mass is 422 g/mol. The molecule has 0 fully saturated rings. The third-order valence-corrected chi connectivity index (χ3v) is 6.47. The van der Waals surface area contributed by atoms with E-state index in [2.05, 4.69) is 5.32 Å². The zero-order valence-electron chi connectivity index (χ0n) is 15.0. The zero-order chi connectivity index (χ0) is 20.6. The van der Waals surface area contributed by atoms with Gasteiger partial charge in [0.05, 0.1) is 10.7 Å². The lowest BCUT2D eigenvalue weighted by Crippen LogP contribution is -2.38. The third kappa shape index (κ3) is 3.65. The van der Waals surface area contributed by atoms with Gasteiger partial charge in [-0.15, -0.1) is 0 Å². The lowest BCUT2D eigenvalue weighted by Gasteiger charge is -2.17. The van der Waals surface area contributed by atoms with Crippen molar-refractivity contribution in [2.45, 2.75) is 13.8 Å². The molecule has 0 unspecified atom stereocenters. The molecule has 146 valence electrons. The molecule has 1 aliphatic heterocycles. The van der Waals surface area contributed by atoms with E-state index in [1.807, 2.05) is 6.92 Å². The number of nitrogens with one attached hydrogen (secondary N) is 1. The zero-order valence-corrected chi connectivity index (χ0v) is 16.6. The van der Waals surface area contributed by atoms with Gasteiger partial charge in [-0.05, 0) is 49.2 Å². The normalized spacial score (nSPS) is 15.9. The molecule has 1 N–H and O–H groups in total. The van der Waals surface area contributed by atoms with E-state index in [1.165, 1.54) is 19.1 Å². The summed E-state index contributed by atoms with van der Waals surface area (Å²) in [5.74, 6) is -2.05. The van der Waals surface area contributed by atoms with Gasteiger partial charge < -0.3 is 5.32 Å². The van der Waals surface area contributed by atoms with E-state index in [0.29, 0.717) is 15.0 Å². The van der Waals surface area contributed by atoms with Crippen molar-refractivity contribution in [2.75, 3.05) is 11.9 Å². The molecule has 9 heteroatoms. The number of aryl methyl sites for hydroxylation is 1. The van der Waals surface area contributed by atoms with Crippen LogP contribution in [0.3, 0.4) is 0 Å². The van der Waals surface area contributed by atoms with Gasteiger partial charge in [0.15, 0.2) is 0 Å². The summed E-state index contributed by atoms with van der Waals surface area (Å²) in [5.41, 5.74) is 1.35. The van der Waals surface area contributed by atoms with Crippen LogP contribution in [-0.2, 0) is 19.6 Å². The maximum Gasteiger partial charge on any atom is 0.268 e. The minimum absolute atomic E-state index is 0.0345. The maximum atomic E-state index is 13.1. The van der Waals surface area contributed by atoms with Crippen LogP contribution in [0.2, 0.25) is 5.02 Å². The number of hydrogen-bond donors (Lipinski definition) is 1. The average molecular weight is 423 g/mol. The van der Waals surface area contributed by atoms with E-state index in [9.17, 15) is 22.4 Å². The first-order valence-corrected chi connectivity index (χ1v) is 10.0. The number of rotatable bonds is 4. The van der Waals surface area contributed by atoms with Crippen molar-refractivity contribution in [2.24, 2.45) is 0 Å². The second-order valence-corrected chi connectivity index (χ2v) is 8.52. The fourth-order valence-electron chi connectivity index (χ4n) is 2.86. The summed E-state index contributed by atoms with van der Waals surface area (Å²) < 4.78 is 39.3. The van der Waals surface area contributed by atoms with Crippen molar-refractivity contribution in [3.63, 3.8) is 0 Å². The molecule has 0 saturated carbocycles. The van der Waals surface area contributed by atoms with Gasteiger partial charge in [-0.3, -0.25) is 9.59 Å². The Labute approximate surface area is 166 Å². The summed E-state index contributed by atoms with van der Waals surface area (Å²) in [4.78, 5) is 24.6. The van der Waals surface area contributed by atoms with Gasteiger partial charge in [0.1, 0.15) is 17.3 Å². The standard InChI is InChI=1S/C19H16ClFN2O4S/c1-11-3-8-16(15(20)9-11)22-17(24)10-23-19(25)12(2)18(28(23,26)27)13-4-6-14(21)7-5-13/h3-9H,10H2,1-2H3,(H,22,24). The second kappa shape index (κ2) is 7.37. The summed E-state index contributed by atoms with van der Waals surface area (Å²) in [6.45, 7) is 2.49. The Hall–Kier alpha value is -2.71. The number of carbonyl (C=O) groups is 2. The number of amides is 2. The molecule has 2 aromatic rings. The molecule has 3 rings (SSSR count). The van der Waals surface area contributed by atoms with Crippen LogP contribution in [0.5, 0.6) is 0 Å². The smallest absolute Gasteiger partial charge is 0.268 e. The van der Waals surface area contributed by atoms with Crippen LogP contribution >= 0.6 is 11.6 Å². The Morgan fingerprint density at radius 2 is 1.79 bits per heavy atom. The molecule has 6 nitrogen and oxygen atoms in total. The van der Waals surface area contributed by atoms with E-state index in [1.54, 1.807) is 18.2 Å². The Morgan fingerprint density at radius 3 is 2.39 bits per heavy atom. The number of benzene rings is 2. The molecule has 0 spiro atoms. The van der Waals surface area contributed by atoms with Gasteiger partial charge in [-0.25, -0.2) is 17.1 Å².